The summed E-state index contributed by atoms with van der Waals surface area (Å²) in [6.45, 7) is 2.82. The van der Waals surface area contributed by atoms with Crippen LogP contribution in [0.3, 0.4) is 0 Å². The molecule has 2 rings (SSSR count). The van der Waals surface area contributed by atoms with Crippen LogP contribution >= 0.6 is 31.9 Å². The van der Waals surface area contributed by atoms with E-state index in [-0.39, 0.29) is 6.04 Å². The fourth-order valence-electron chi connectivity index (χ4n) is 2.08. The van der Waals surface area contributed by atoms with E-state index < -0.39 is 0 Å². The molecule has 0 amide bonds. The molecule has 1 unspecified atom stereocenters. The van der Waals surface area contributed by atoms with E-state index in [4.69, 9.17) is 10.6 Å². The van der Waals surface area contributed by atoms with Crippen LogP contribution in [0, 0.1) is 0 Å². The molecule has 0 heterocycles. The molecule has 0 radical (unpaired) electrons. The van der Waals surface area contributed by atoms with E-state index in [0.29, 0.717) is 0 Å². The van der Waals surface area contributed by atoms with Gasteiger partial charge in [-0.15, -0.1) is 0 Å². The molecule has 0 aromatic heterocycles. The largest absolute Gasteiger partial charge is 0.494 e. The van der Waals surface area contributed by atoms with E-state index in [1.165, 1.54) is 0 Å². The third kappa shape index (κ3) is 4.30. The van der Waals surface area contributed by atoms with Gasteiger partial charge in [0.05, 0.1) is 12.6 Å². The van der Waals surface area contributed by atoms with Gasteiger partial charge in [-0.25, -0.2) is 5.43 Å². The Morgan fingerprint density at radius 2 is 1.86 bits per heavy atom. The maximum absolute atomic E-state index is 5.76. The first-order chi connectivity index (χ1) is 10.2. The average Bonchev–Trinajstić information content (AvgIpc) is 2.50. The van der Waals surface area contributed by atoms with Crippen LogP contribution in [0.25, 0.3) is 0 Å². The van der Waals surface area contributed by atoms with Crippen LogP contribution in [0.2, 0.25) is 0 Å². The SMILES string of the molecule is CCCOc1ccc(C(NN)c2cc(Br)ccc2Br)cc1. The minimum Gasteiger partial charge on any atom is -0.494 e. The van der Waals surface area contributed by atoms with Crippen molar-refractivity contribution in [2.75, 3.05) is 6.61 Å². The van der Waals surface area contributed by atoms with Crippen LogP contribution < -0.4 is 16.0 Å². The first-order valence-electron chi connectivity index (χ1n) is 6.79. The van der Waals surface area contributed by atoms with Gasteiger partial charge in [-0.3, -0.25) is 5.84 Å². The number of nitrogens with two attached hydrogens (primary N) is 1. The molecule has 0 bridgehead atoms. The van der Waals surface area contributed by atoms with Gasteiger partial charge < -0.3 is 4.74 Å². The van der Waals surface area contributed by atoms with Gasteiger partial charge in [-0.2, -0.15) is 0 Å². The highest BCUT2D eigenvalue weighted by Gasteiger charge is 2.15. The summed E-state index contributed by atoms with van der Waals surface area (Å²) in [4.78, 5) is 0. The monoisotopic (exact) mass is 412 g/mol. The first kappa shape index (κ1) is 16.5. The third-order valence-corrected chi connectivity index (χ3v) is 4.34. The maximum atomic E-state index is 5.76. The van der Waals surface area contributed by atoms with Gasteiger partial charge in [0, 0.05) is 8.95 Å². The first-order valence-corrected chi connectivity index (χ1v) is 8.38. The lowest BCUT2D eigenvalue weighted by molar-refractivity contribution is 0.317. The molecule has 21 heavy (non-hydrogen) atoms. The number of hydrazine groups is 1. The Balaban J connectivity index is 2.26. The van der Waals surface area contributed by atoms with Crippen LogP contribution in [-0.2, 0) is 0 Å². The van der Waals surface area contributed by atoms with Crippen molar-refractivity contribution in [1.29, 1.82) is 0 Å². The standard InChI is InChI=1S/C16H18Br2N2O/c1-2-9-21-13-6-3-11(4-7-13)16(20-19)14-10-12(17)5-8-15(14)18/h3-8,10,16,20H,2,9,19H2,1H3. The number of nitrogens with one attached hydrogen (secondary N) is 1. The molecule has 0 fully saturated rings. The molecule has 0 spiro atoms. The number of ether oxygens (including phenoxy) is 1. The summed E-state index contributed by atoms with van der Waals surface area (Å²) in [5.74, 6) is 6.64. The van der Waals surface area contributed by atoms with Crippen molar-refractivity contribution in [2.45, 2.75) is 19.4 Å². The van der Waals surface area contributed by atoms with Gasteiger partial charge in [0.1, 0.15) is 5.75 Å². The molecular weight excluding hydrogens is 396 g/mol. The Bertz CT molecular complexity index is 587. The minimum atomic E-state index is -0.0860. The van der Waals surface area contributed by atoms with Gasteiger partial charge in [-0.1, -0.05) is 50.9 Å². The molecule has 2 aromatic carbocycles. The topological polar surface area (TPSA) is 47.3 Å². The number of hydrogen-bond donors (Lipinski definition) is 2. The molecule has 112 valence electrons. The van der Waals surface area contributed by atoms with Crippen LogP contribution in [0.1, 0.15) is 30.5 Å². The Hall–Kier alpha value is -0.880. The summed E-state index contributed by atoms with van der Waals surface area (Å²) in [5.41, 5.74) is 5.04. The highest BCUT2D eigenvalue weighted by Crippen LogP contribution is 2.31. The smallest absolute Gasteiger partial charge is 0.119 e. The molecule has 2 aromatic rings. The summed E-state index contributed by atoms with van der Waals surface area (Å²) in [6.07, 6.45) is 1.000. The summed E-state index contributed by atoms with van der Waals surface area (Å²) in [6, 6.07) is 14.0. The van der Waals surface area contributed by atoms with Crippen LogP contribution in [-0.4, -0.2) is 6.61 Å². The fourth-order valence-corrected chi connectivity index (χ4v) is 2.93. The number of benzene rings is 2. The van der Waals surface area contributed by atoms with E-state index in [1.807, 2.05) is 36.4 Å². The quantitative estimate of drug-likeness (QED) is 0.539. The highest BCUT2D eigenvalue weighted by atomic mass is 79.9. The number of rotatable bonds is 6. The zero-order valence-corrected chi connectivity index (χ0v) is 14.9. The van der Waals surface area contributed by atoms with Crippen molar-refractivity contribution >= 4 is 31.9 Å². The van der Waals surface area contributed by atoms with Crippen molar-refractivity contribution in [3.63, 3.8) is 0 Å². The minimum absolute atomic E-state index is 0.0860. The predicted molar refractivity (Wildman–Crippen MR) is 93.2 cm³/mol. The molecule has 0 saturated heterocycles. The molecule has 5 heteroatoms. The second kappa shape index (κ2) is 7.94. The van der Waals surface area contributed by atoms with Crippen LogP contribution in [0.15, 0.2) is 51.4 Å². The van der Waals surface area contributed by atoms with E-state index in [9.17, 15) is 0 Å². The Morgan fingerprint density at radius 1 is 1.14 bits per heavy atom. The molecule has 3 nitrogen and oxygen atoms in total. The number of halogens is 2. The van der Waals surface area contributed by atoms with Gasteiger partial charge in [0.25, 0.3) is 0 Å². The molecule has 0 aliphatic rings. The molecule has 1 atom stereocenters. The molecular formula is C16H18Br2N2O. The van der Waals surface area contributed by atoms with Gasteiger partial charge in [0.2, 0.25) is 0 Å². The van der Waals surface area contributed by atoms with Crippen molar-refractivity contribution in [3.8, 4) is 5.75 Å². The Morgan fingerprint density at radius 3 is 2.48 bits per heavy atom. The van der Waals surface area contributed by atoms with Crippen molar-refractivity contribution in [1.82, 2.24) is 5.43 Å². The van der Waals surface area contributed by atoms with Crippen molar-refractivity contribution in [3.05, 3.63) is 62.5 Å². The van der Waals surface area contributed by atoms with E-state index in [2.05, 4.69) is 50.3 Å². The number of hydrogen-bond acceptors (Lipinski definition) is 3. The second-order valence-corrected chi connectivity index (χ2v) is 6.45. The average molecular weight is 414 g/mol. The molecule has 0 aliphatic heterocycles. The predicted octanol–water partition coefficient (Wildman–Crippen LogP) is 4.55. The fraction of sp³-hybridized carbons (Fsp3) is 0.250. The molecule has 0 saturated carbocycles. The van der Waals surface area contributed by atoms with Crippen LogP contribution in [0.4, 0.5) is 0 Å². The lowest BCUT2D eigenvalue weighted by Crippen LogP contribution is -2.29. The van der Waals surface area contributed by atoms with E-state index in [0.717, 1.165) is 38.8 Å². The Labute approximate surface area is 142 Å². The normalized spacial score (nSPS) is 12.2. The second-order valence-electron chi connectivity index (χ2n) is 4.68. The highest BCUT2D eigenvalue weighted by molar-refractivity contribution is 9.11. The maximum Gasteiger partial charge on any atom is 0.119 e. The van der Waals surface area contributed by atoms with Crippen molar-refractivity contribution in [2.24, 2.45) is 5.84 Å². The zero-order valence-electron chi connectivity index (χ0n) is 11.8. The molecule has 0 aliphatic carbocycles. The van der Waals surface area contributed by atoms with Crippen LogP contribution in [0.5, 0.6) is 5.75 Å². The summed E-state index contributed by atoms with van der Waals surface area (Å²) >= 11 is 7.07. The summed E-state index contributed by atoms with van der Waals surface area (Å²) in [5, 5.41) is 0. The van der Waals surface area contributed by atoms with Gasteiger partial charge in [-0.05, 0) is 47.9 Å². The Kier molecular flexibility index (Phi) is 6.23. The van der Waals surface area contributed by atoms with Crippen molar-refractivity contribution < 1.29 is 4.74 Å². The third-order valence-electron chi connectivity index (χ3n) is 3.12. The van der Waals surface area contributed by atoms with E-state index >= 15 is 0 Å². The molecule has 3 N–H and O–H groups in total. The lowest BCUT2D eigenvalue weighted by Gasteiger charge is -2.19. The summed E-state index contributed by atoms with van der Waals surface area (Å²) < 4.78 is 7.63. The van der Waals surface area contributed by atoms with E-state index in [1.54, 1.807) is 0 Å². The zero-order chi connectivity index (χ0) is 15.2. The van der Waals surface area contributed by atoms with Gasteiger partial charge in [0.15, 0.2) is 0 Å². The van der Waals surface area contributed by atoms with Gasteiger partial charge >= 0.3 is 0 Å². The lowest BCUT2D eigenvalue weighted by atomic mass is 9.99. The summed E-state index contributed by atoms with van der Waals surface area (Å²) in [7, 11) is 0.